The van der Waals surface area contributed by atoms with Crippen molar-refractivity contribution in [3.8, 4) is 0 Å². The number of carboxylic acids is 1. The number of hydrogen-bond donors (Lipinski definition) is 3. The Kier molecular flexibility index (Phi) is 3.21. The van der Waals surface area contributed by atoms with Gasteiger partial charge < -0.3 is 15.7 Å². The van der Waals surface area contributed by atoms with Gasteiger partial charge in [-0.1, -0.05) is 0 Å². The molecule has 1 unspecified atom stereocenters. The molecule has 1 aromatic rings. The molecule has 0 aromatic carbocycles. The summed E-state index contributed by atoms with van der Waals surface area (Å²) < 4.78 is 0. The van der Waals surface area contributed by atoms with Crippen LogP contribution in [0.15, 0.2) is 6.20 Å². The molecule has 0 aliphatic carbocycles. The Balaban J connectivity index is 2.22. The number of rotatable bonds is 3. The zero-order valence-electron chi connectivity index (χ0n) is 8.40. The Morgan fingerprint density at radius 2 is 2.50 bits per heavy atom. The van der Waals surface area contributed by atoms with Gasteiger partial charge in [0.1, 0.15) is 11.4 Å². The van der Waals surface area contributed by atoms with E-state index >= 15 is 0 Å². The van der Waals surface area contributed by atoms with Crippen LogP contribution in [0.4, 0.5) is 5.82 Å². The van der Waals surface area contributed by atoms with E-state index in [2.05, 4.69) is 20.6 Å². The average molecular weight is 243 g/mol. The van der Waals surface area contributed by atoms with E-state index in [-0.39, 0.29) is 22.7 Å². The summed E-state index contributed by atoms with van der Waals surface area (Å²) in [6.45, 7) is 1.71. The van der Waals surface area contributed by atoms with Gasteiger partial charge in [0.15, 0.2) is 0 Å². The maximum absolute atomic E-state index is 10.9. The fourth-order valence-electron chi connectivity index (χ4n) is 1.60. The van der Waals surface area contributed by atoms with E-state index in [1.807, 2.05) is 0 Å². The third kappa shape index (κ3) is 2.40. The first-order valence-electron chi connectivity index (χ1n) is 4.90. The smallest absolute Gasteiger partial charge is 0.341 e. The van der Waals surface area contributed by atoms with Crippen molar-refractivity contribution in [3.05, 3.63) is 17.0 Å². The van der Waals surface area contributed by atoms with Gasteiger partial charge in [0.2, 0.25) is 5.28 Å². The fraction of sp³-hybridized carbons (Fsp3) is 0.444. The second kappa shape index (κ2) is 4.63. The number of aromatic nitrogens is 2. The predicted octanol–water partition coefficient (Wildman–Crippen LogP) is 0.602. The van der Waals surface area contributed by atoms with E-state index in [4.69, 9.17) is 16.7 Å². The van der Waals surface area contributed by atoms with Crippen molar-refractivity contribution in [1.29, 1.82) is 0 Å². The van der Waals surface area contributed by atoms with Crippen LogP contribution in [0.25, 0.3) is 0 Å². The summed E-state index contributed by atoms with van der Waals surface area (Å²) in [7, 11) is 0. The molecule has 16 heavy (non-hydrogen) atoms. The van der Waals surface area contributed by atoms with Crippen LogP contribution in [-0.4, -0.2) is 40.2 Å². The number of carboxylic acid groups (broad SMARTS) is 1. The Morgan fingerprint density at radius 3 is 3.12 bits per heavy atom. The lowest BCUT2D eigenvalue weighted by Gasteiger charge is -2.13. The van der Waals surface area contributed by atoms with Crippen molar-refractivity contribution < 1.29 is 9.90 Å². The molecule has 2 rings (SSSR count). The number of halogens is 1. The quantitative estimate of drug-likeness (QED) is 0.673. The summed E-state index contributed by atoms with van der Waals surface area (Å²) in [5, 5.41) is 15.2. The molecule has 86 valence electrons. The fourth-order valence-corrected chi connectivity index (χ4v) is 1.73. The summed E-state index contributed by atoms with van der Waals surface area (Å²) in [5.41, 5.74) is 0.0382. The number of nitrogens with zero attached hydrogens (tertiary/aromatic N) is 2. The van der Waals surface area contributed by atoms with E-state index in [0.717, 1.165) is 19.5 Å². The number of aromatic carboxylic acids is 1. The van der Waals surface area contributed by atoms with Crippen LogP contribution in [0.2, 0.25) is 5.28 Å². The summed E-state index contributed by atoms with van der Waals surface area (Å²) in [4.78, 5) is 18.5. The van der Waals surface area contributed by atoms with Crippen LogP contribution in [0.1, 0.15) is 16.8 Å². The summed E-state index contributed by atoms with van der Waals surface area (Å²) in [6.07, 6.45) is 2.14. The van der Waals surface area contributed by atoms with Crippen molar-refractivity contribution in [1.82, 2.24) is 15.3 Å². The molecule has 2 heterocycles. The number of nitrogens with one attached hydrogen (secondary N) is 2. The largest absolute Gasteiger partial charge is 0.477 e. The Labute approximate surface area is 97.0 Å². The lowest BCUT2D eigenvalue weighted by molar-refractivity contribution is 0.0697. The molecule has 6 nitrogen and oxygen atoms in total. The van der Waals surface area contributed by atoms with Gasteiger partial charge in [-0.3, -0.25) is 0 Å². The zero-order chi connectivity index (χ0) is 11.5. The summed E-state index contributed by atoms with van der Waals surface area (Å²) >= 11 is 5.64. The van der Waals surface area contributed by atoms with E-state index in [0.29, 0.717) is 0 Å². The second-order valence-corrected chi connectivity index (χ2v) is 3.88. The van der Waals surface area contributed by atoms with Crippen molar-refractivity contribution in [2.45, 2.75) is 12.5 Å². The summed E-state index contributed by atoms with van der Waals surface area (Å²) in [6, 6.07) is 0.184. The predicted molar refractivity (Wildman–Crippen MR) is 58.9 cm³/mol. The molecule has 0 spiro atoms. The minimum atomic E-state index is -1.06. The number of anilines is 1. The minimum Gasteiger partial charge on any atom is -0.477 e. The van der Waals surface area contributed by atoms with Crippen LogP contribution in [0, 0.1) is 0 Å². The third-order valence-electron chi connectivity index (χ3n) is 2.39. The summed E-state index contributed by atoms with van der Waals surface area (Å²) in [5.74, 6) is -0.786. The van der Waals surface area contributed by atoms with Crippen LogP contribution in [0.3, 0.4) is 0 Å². The highest BCUT2D eigenvalue weighted by atomic mass is 35.5. The van der Waals surface area contributed by atoms with Crippen LogP contribution in [0.5, 0.6) is 0 Å². The van der Waals surface area contributed by atoms with Crippen molar-refractivity contribution in [3.63, 3.8) is 0 Å². The number of carbonyl (C=O) groups is 1. The minimum absolute atomic E-state index is 0.0382. The highest BCUT2D eigenvalue weighted by molar-refractivity contribution is 6.28. The van der Waals surface area contributed by atoms with Crippen LogP contribution < -0.4 is 10.6 Å². The second-order valence-electron chi connectivity index (χ2n) is 3.54. The van der Waals surface area contributed by atoms with E-state index in [9.17, 15) is 4.79 Å². The molecule has 1 aliphatic heterocycles. The molecule has 0 bridgehead atoms. The lowest BCUT2D eigenvalue weighted by atomic mass is 10.2. The molecule has 0 saturated carbocycles. The molecule has 1 atom stereocenters. The molecule has 1 aromatic heterocycles. The average Bonchev–Trinajstić information content (AvgIpc) is 2.70. The molecular formula is C9H11ClN4O2. The van der Waals surface area contributed by atoms with Gasteiger partial charge in [0, 0.05) is 18.8 Å². The van der Waals surface area contributed by atoms with Crippen LogP contribution in [-0.2, 0) is 0 Å². The van der Waals surface area contributed by atoms with Gasteiger partial charge in [0.25, 0.3) is 0 Å². The highest BCUT2D eigenvalue weighted by Crippen LogP contribution is 2.16. The molecule has 0 amide bonds. The zero-order valence-corrected chi connectivity index (χ0v) is 9.16. The molecule has 1 aliphatic rings. The SMILES string of the molecule is O=C(O)c1cnc(Cl)nc1NC1CCNC1. The van der Waals surface area contributed by atoms with E-state index in [1.165, 1.54) is 6.20 Å². The topological polar surface area (TPSA) is 87.1 Å². The monoisotopic (exact) mass is 242 g/mol. The Bertz CT molecular complexity index is 406. The van der Waals surface area contributed by atoms with E-state index in [1.54, 1.807) is 0 Å². The normalized spacial score (nSPS) is 19.7. The van der Waals surface area contributed by atoms with E-state index < -0.39 is 5.97 Å². The van der Waals surface area contributed by atoms with Crippen molar-refractivity contribution >= 4 is 23.4 Å². The molecule has 0 radical (unpaired) electrons. The van der Waals surface area contributed by atoms with Gasteiger partial charge in [-0.15, -0.1) is 0 Å². The van der Waals surface area contributed by atoms with Gasteiger partial charge in [-0.25, -0.2) is 9.78 Å². The maximum Gasteiger partial charge on any atom is 0.341 e. The van der Waals surface area contributed by atoms with Crippen molar-refractivity contribution in [2.75, 3.05) is 18.4 Å². The molecule has 1 fully saturated rings. The Hall–Kier alpha value is -1.40. The van der Waals surface area contributed by atoms with Gasteiger partial charge in [-0.05, 0) is 24.6 Å². The van der Waals surface area contributed by atoms with Crippen molar-refractivity contribution in [2.24, 2.45) is 0 Å². The Morgan fingerprint density at radius 1 is 1.69 bits per heavy atom. The first-order chi connectivity index (χ1) is 7.66. The molecular weight excluding hydrogens is 232 g/mol. The standard InChI is InChI=1S/C9H11ClN4O2/c10-9-12-4-6(8(15)16)7(14-9)13-5-1-2-11-3-5/h4-5,11H,1-3H2,(H,15,16)(H,12,13,14). The van der Waals surface area contributed by atoms with Gasteiger partial charge in [0.05, 0.1) is 0 Å². The molecule has 1 saturated heterocycles. The molecule has 7 heteroatoms. The highest BCUT2D eigenvalue weighted by Gasteiger charge is 2.19. The first kappa shape index (κ1) is 11.1. The first-order valence-corrected chi connectivity index (χ1v) is 5.27. The maximum atomic E-state index is 10.9. The molecule has 3 N–H and O–H groups in total. The third-order valence-corrected chi connectivity index (χ3v) is 2.57. The van der Waals surface area contributed by atoms with Gasteiger partial charge in [-0.2, -0.15) is 4.98 Å². The number of hydrogen-bond acceptors (Lipinski definition) is 5. The van der Waals surface area contributed by atoms with Crippen LogP contribution >= 0.6 is 11.6 Å². The van der Waals surface area contributed by atoms with Gasteiger partial charge >= 0.3 is 5.97 Å². The lowest BCUT2D eigenvalue weighted by Crippen LogP contribution is -2.24.